The highest BCUT2D eigenvalue weighted by atomic mass is 19.4. The number of nitrogens with zero attached hydrogens (tertiary/aromatic N) is 1. The van der Waals surface area contributed by atoms with Crippen LogP contribution in [-0.4, -0.2) is 71.9 Å². The molecule has 17 heteroatoms. The molecule has 0 fully saturated rings. The van der Waals surface area contributed by atoms with Gasteiger partial charge in [0.25, 0.3) is 0 Å². The van der Waals surface area contributed by atoms with Crippen molar-refractivity contribution < 1.29 is 37.5 Å². The van der Waals surface area contributed by atoms with Crippen molar-refractivity contribution in [3.05, 3.63) is 71.3 Å². The Morgan fingerprint density at radius 3 is 1.91 bits per heavy atom. The summed E-state index contributed by atoms with van der Waals surface area (Å²) in [5, 5.41) is 20.3. The highest BCUT2D eigenvalue weighted by molar-refractivity contribution is 5.96. The number of carbonyl (C=O) groups is 4. The number of nitrogens with two attached hydrogens (primary N) is 5. The van der Waals surface area contributed by atoms with Gasteiger partial charge in [-0.05, 0) is 56.7 Å². The van der Waals surface area contributed by atoms with Gasteiger partial charge in [-0.3, -0.25) is 24.8 Å². The fourth-order valence-corrected chi connectivity index (χ4v) is 4.30. The van der Waals surface area contributed by atoms with E-state index in [2.05, 4.69) is 15.6 Å². The zero-order chi connectivity index (χ0) is 35.8. The SMILES string of the molecule is C[C@@](Cc1ccc(C(=N)N)cc1)(C(=O)N[C@@H](CCCN)C(=O)NC(CCCN=C(N)N)C(N)=O)c1ccccc1.O=C(O)C(F)(F)F. The molecule has 3 atom stereocenters. The summed E-state index contributed by atoms with van der Waals surface area (Å²) in [7, 11) is 0. The van der Waals surface area contributed by atoms with E-state index >= 15 is 0 Å². The molecule has 0 aliphatic heterocycles. The average Bonchev–Trinajstić information content (AvgIpc) is 3.00. The standard InChI is InChI=1S/C28H41N9O3.C2HF3O2/c1-28(20-7-3-2-4-8-20,17-18-11-13-19(14-12-18)23(30)31)26(40)37-22(9-5-15-29)25(39)36-21(24(32)38)10-6-16-35-27(33)34;3-2(4,5)1(6)7/h2-4,7-8,11-14,21-22H,5-6,9-10,15-17,29H2,1H3,(H3,30,31)(H2,32,38)(H,36,39)(H,37,40)(H4,33,34,35);(H,6,7)/t21?,22-,28-;/m0./s1. The van der Waals surface area contributed by atoms with Crippen LogP contribution in [0.15, 0.2) is 59.6 Å². The number of benzene rings is 2. The van der Waals surface area contributed by atoms with E-state index in [4.69, 9.17) is 44.0 Å². The van der Waals surface area contributed by atoms with Crippen LogP contribution in [0.25, 0.3) is 0 Å². The molecule has 0 spiro atoms. The highest BCUT2D eigenvalue weighted by Gasteiger charge is 2.39. The molecule has 2 aromatic carbocycles. The number of hydrogen-bond donors (Lipinski definition) is 9. The van der Waals surface area contributed by atoms with Crippen LogP contribution in [-0.2, 0) is 31.0 Å². The number of amidine groups is 1. The topological polar surface area (TPSA) is 279 Å². The molecule has 2 aromatic rings. The van der Waals surface area contributed by atoms with Crippen LogP contribution in [0.4, 0.5) is 13.2 Å². The van der Waals surface area contributed by atoms with Crippen molar-refractivity contribution in [3.63, 3.8) is 0 Å². The number of amides is 3. The van der Waals surface area contributed by atoms with E-state index in [-0.39, 0.29) is 37.1 Å². The summed E-state index contributed by atoms with van der Waals surface area (Å²) in [5.41, 5.74) is 28.6. The molecule has 2 rings (SSSR count). The van der Waals surface area contributed by atoms with Crippen LogP contribution in [0.3, 0.4) is 0 Å². The Hall–Kier alpha value is -5.19. The largest absolute Gasteiger partial charge is 0.490 e. The van der Waals surface area contributed by atoms with Crippen molar-refractivity contribution in [2.45, 2.75) is 62.7 Å². The molecule has 14 nitrogen and oxygen atoms in total. The lowest BCUT2D eigenvalue weighted by Gasteiger charge is -2.32. The first kappa shape index (κ1) is 39.8. The van der Waals surface area contributed by atoms with Gasteiger partial charge in [-0.1, -0.05) is 54.6 Å². The van der Waals surface area contributed by atoms with E-state index in [1.54, 1.807) is 12.1 Å². The van der Waals surface area contributed by atoms with Gasteiger partial charge in [0.05, 0.1) is 5.41 Å². The number of hydrogen-bond acceptors (Lipinski definition) is 7. The van der Waals surface area contributed by atoms with Gasteiger partial charge < -0.3 is 44.4 Å². The van der Waals surface area contributed by atoms with Gasteiger partial charge in [-0.25, -0.2) is 4.79 Å². The molecule has 14 N–H and O–H groups in total. The molecule has 0 bridgehead atoms. The van der Waals surface area contributed by atoms with Crippen molar-refractivity contribution in [2.24, 2.45) is 33.7 Å². The lowest BCUT2D eigenvalue weighted by molar-refractivity contribution is -0.192. The van der Waals surface area contributed by atoms with Gasteiger partial charge in [0, 0.05) is 12.1 Å². The Morgan fingerprint density at radius 1 is 0.894 bits per heavy atom. The van der Waals surface area contributed by atoms with Gasteiger partial charge in [-0.2, -0.15) is 13.2 Å². The number of carboxylic acid groups (broad SMARTS) is 1. The van der Waals surface area contributed by atoms with E-state index in [1.165, 1.54) is 0 Å². The van der Waals surface area contributed by atoms with E-state index in [1.807, 2.05) is 49.4 Å². The Kier molecular flexibility index (Phi) is 15.8. The summed E-state index contributed by atoms with van der Waals surface area (Å²) >= 11 is 0. The molecule has 0 saturated heterocycles. The third-order valence-electron chi connectivity index (χ3n) is 6.90. The number of primary amides is 1. The molecule has 47 heavy (non-hydrogen) atoms. The van der Waals surface area contributed by atoms with Gasteiger partial charge >= 0.3 is 12.1 Å². The summed E-state index contributed by atoms with van der Waals surface area (Å²) in [4.78, 5) is 52.0. The third-order valence-corrected chi connectivity index (χ3v) is 6.90. The number of nitrogens with one attached hydrogen (secondary N) is 3. The van der Waals surface area contributed by atoms with Crippen molar-refractivity contribution >= 4 is 35.5 Å². The van der Waals surface area contributed by atoms with Crippen molar-refractivity contribution in [1.82, 2.24) is 10.6 Å². The van der Waals surface area contributed by atoms with E-state index < -0.39 is 41.5 Å². The molecule has 0 radical (unpaired) electrons. The van der Waals surface area contributed by atoms with E-state index in [0.717, 1.165) is 11.1 Å². The minimum atomic E-state index is -5.08. The smallest absolute Gasteiger partial charge is 0.475 e. The number of aliphatic carboxylic acids is 1. The molecule has 0 aromatic heterocycles. The van der Waals surface area contributed by atoms with Gasteiger partial charge in [-0.15, -0.1) is 0 Å². The quantitative estimate of drug-likeness (QED) is 0.0678. The number of rotatable bonds is 16. The van der Waals surface area contributed by atoms with Crippen LogP contribution in [0.1, 0.15) is 49.3 Å². The second kappa shape index (κ2) is 18.7. The predicted molar refractivity (Wildman–Crippen MR) is 170 cm³/mol. The zero-order valence-electron chi connectivity index (χ0n) is 25.8. The molecule has 1 unspecified atom stereocenters. The fourth-order valence-electron chi connectivity index (χ4n) is 4.30. The van der Waals surface area contributed by atoms with Crippen LogP contribution < -0.4 is 39.3 Å². The van der Waals surface area contributed by atoms with Crippen LogP contribution >= 0.6 is 0 Å². The third kappa shape index (κ3) is 13.8. The maximum atomic E-state index is 13.9. The first-order chi connectivity index (χ1) is 21.9. The number of aliphatic imine (C=N–C) groups is 1. The molecule has 0 aliphatic carbocycles. The number of halogens is 3. The first-order valence-electron chi connectivity index (χ1n) is 14.4. The summed E-state index contributed by atoms with van der Waals surface area (Å²) in [6.45, 7) is 2.40. The van der Waals surface area contributed by atoms with Crippen molar-refractivity contribution in [2.75, 3.05) is 13.1 Å². The second-order valence-corrected chi connectivity index (χ2v) is 10.7. The Bertz CT molecular complexity index is 1390. The van der Waals surface area contributed by atoms with Crippen LogP contribution in [0.5, 0.6) is 0 Å². The van der Waals surface area contributed by atoms with Crippen LogP contribution in [0, 0.1) is 5.41 Å². The number of nitrogen functional groups attached to an aromatic ring is 1. The number of carboxylic acids is 1. The average molecular weight is 666 g/mol. The fraction of sp³-hybridized carbons (Fsp3) is 0.400. The number of alkyl halides is 3. The van der Waals surface area contributed by atoms with Crippen molar-refractivity contribution in [1.29, 1.82) is 5.41 Å². The predicted octanol–water partition coefficient (Wildman–Crippen LogP) is 0.352. The summed E-state index contributed by atoms with van der Waals surface area (Å²) in [5.74, 6) is -4.48. The lowest BCUT2D eigenvalue weighted by Crippen LogP contribution is -2.56. The summed E-state index contributed by atoms with van der Waals surface area (Å²) in [6, 6.07) is 14.5. The van der Waals surface area contributed by atoms with Gasteiger partial charge in [0.2, 0.25) is 17.7 Å². The normalized spacial score (nSPS) is 13.4. The molecule has 0 heterocycles. The molecular formula is C30H42F3N9O5. The Labute approximate surface area is 269 Å². The van der Waals surface area contributed by atoms with Gasteiger partial charge in [0.15, 0.2) is 5.96 Å². The maximum absolute atomic E-state index is 13.9. The van der Waals surface area contributed by atoms with E-state index in [9.17, 15) is 27.6 Å². The van der Waals surface area contributed by atoms with Crippen molar-refractivity contribution in [3.8, 4) is 0 Å². The summed E-state index contributed by atoms with van der Waals surface area (Å²) < 4.78 is 31.7. The maximum Gasteiger partial charge on any atom is 0.490 e. The molecule has 0 aliphatic rings. The molecular weight excluding hydrogens is 623 g/mol. The van der Waals surface area contributed by atoms with Gasteiger partial charge in [0.1, 0.15) is 17.9 Å². The minimum Gasteiger partial charge on any atom is -0.475 e. The Morgan fingerprint density at radius 2 is 1.45 bits per heavy atom. The zero-order valence-corrected chi connectivity index (χ0v) is 25.8. The number of carbonyl (C=O) groups excluding carboxylic acids is 3. The monoisotopic (exact) mass is 665 g/mol. The second-order valence-electron chi connectivity index (χ2n) is 10.7. The first-order valence-corrected chi connectivity index (χ1v) is 14.4. The Balaban J connectivity index is 0.00000141. The van der Waals surface area contributed by atoms with E-state index in [0.29, 0.717) is 31.4 Å². The summed E-state index contributed by atoms with van der Waals surface area (Å²) in [6.07, 6.45) is -3.38. The number of guanidine groups is 1. The molecule has 258 valence electrons. The lowest BCUT2D eigenvalue weighted by atomic mass is 9.76. The molecule has 3 amide bonds. The molecule has 0 saturated carbocycles. The minimum absolute atomic E-state index is 0.0469. The van der Waals surface area contributed by atoms with Crippen LogP contribution in [0.2, 0.25) is 0 Å². The highest BCUT2D eigenvalue weighted by Crippen LogP contribution is 2.29.